The summed E-state index contributed by atoms with van der Waals surface area (Å²) in [5, 5.41) is 12.9. The maximum Gasteiger partial charge on any atom is 0.416 e. The predicted octanol–water partition coefficient (Wildman–Crippen LogP) is 5.20. The molecule has 32 heavy (non-hydrogen) atoms. The summed E-state index contributed by atoms with van der Waals surface area (Å²) in [5.41, 5.74) is 1.73. The van der Waals surface area contributed by atoms with Crippen molar-refractivity contribution in [2.45, 2.75) is 19.5 Å². The van der Waals surface area contributed by atoms with Gasteiger partial charge in [-0.2, -0.15) is 13.2 Å². The Morgan fingerprint density at radius 2 is 1.97 bits per heavy atom. The minimum absolute atomic E-state index is 0.153. The molecule has 0 aliphatic carbocycles. The van der Waals surface area contributed by atoms with Crippen LogP contribution in [0, 0.1) is 6.92 Å². The summed E-state index contributed by atoms with van der Waals surface area (Å²) in [6, 6.07) is 12.4. The van der Waals surface area contributed by atoms with Crippen molar-refractivity contribution in [3.05, 3.63) is 76.0 Å². The molecule has 4 rings (SSSR count). The molecule has 9 heteroatoms. The monoisotopic (exact) mass is 460 g/mol. The summed E-state index contributed by atoms with van der Waals surface area (Å²) in [6.07, 6.45) is -4.19. The molecule has 0 aliphatic heterocycles. The van der Waals surface area contributed by atoms with Gasteiger partial charge in [-0.1, -0.05) is 30.3 Å². The number of hydrogen-bond donors (Lipinski definition) is 2. The molecular formula is C23H19F3N2O3S. The van der Waals surface area contributed by atoms with E-state index in [0.717, 1.165) is 23.1 Å². The number of rotatable bonds is 6. The van der Waals surface area contributed by atoms with Gasteiger partial charge in [-0.15, -0.1) is 11.3 Å². The number of thiazole rings is 1. The van der Waals surface area contributed by atoms with Crippen molar-refractivity contribution in [1.29, 1.82) is 0 Å². The van der Waals surface area contributed by atoms with E-state index in [4.69, 9.17) is 9.52 Å². The molecule has 166 valence electrons. The molecule has 0 saturated heterocycles. The molecule has 4 aromatic rings. The summed E-state index contributed by atoms with van der Waals surface area (Å²) in [4.78, 5) is 17.3. The zero-order chi connectivity index (χ0) is 22.9. The first-order valence-electron chi connectivity index (χ1n) is 9.80. The highest BCUT2D eigenvalue weighted by Gasteiger charge is 2.30. The van der Waals surface area contributed by atoms with Gasteiger partial charge >= 0.3 is 6.18 Å². The van der Waals surface area contributed by atoms with E-state index in [0.29, 0.717) is 32.5 Å². The van der Waals surface area contributed by atoms with Crippen molar-refractivity contribution in [2.24, 2.45) is 0 Å². The second-order valence-corrected chi connectivity index (χ2v) is 8.22. The molecule has 0 spiro atoms. The largest absolute Gasteiger partial charge is 0.461 e. The van der Waals surface area contributed by atoms with E-state index in [1.165, 1.54) is 17.4 Å². The summed E-state index contributed by atoms with van der Waals surface area (Å²) in [7, 11) is 0. The van der Waals surface area contributed by atoms with Crippen LogP contribution in [0.25, 0.3) is 21.5 Å². The highest BCUT2D eigenvalue weighted by atomic mass is 32.1. The molecule has 0 atom stereocenters. The van der Waals surface area contributed by atoms with Crippen molar-refractivity contribution in [3.63, 3.8) is 0 Å². The van der Waals surface area contributed by atoms with Crippen LogP contribution in [-0.4, -0.2) is 29.1 Å². The number of aromatic nitrogens is 1. The number of carbonyl (C=O) groups is 1. The first kappa shape index (κ1) is 22.0. The molecule has 0 radical (unpaired) electrons. The smallest absolute Gasteiger partial charge is 0.416 e. The highest BCUT2D eigenvalue weighted by Crippen LogP contribution is 2.36. The quantitative estimate of drug-likeness (QED) is 0.415. The summed E-state index contributed by atoms with van der Waals surface area (Å²) in [6.45, 7) is 1.74. The van der Waals surface area contributed by atoms with Crippen molar-refractivity contribution < 1.29 is 27.5 Å². The molecule has 0 unspecified atom stereocenters. The van der Waals surface area contributed by atoms with Crippen molar-refractivity contribution >= 4 is 28.2 Å². The van der Waals surface area contributed by atoms with E-state index < -0.39 is 11.7 Å². The second-order valence-electron chi connectivity index (χ2n) is 7.22. The van der Waals surface area contributed by atoms with Gasteiger partial charge < -0.3 is 14.8 Å². The van der Waals surface area contributed by atoms with Gasteiger partial charge in [-0.3, -0.25) is 4.79 Å². The summed E-state index contributed by atoms with van der Waals surface area (Å²) < 4.78 is 44.9. The Morgan fingerprint density at radius 3 is 2.72 bits per heavy atom. The summed E-state index contributed by atoms with van der Waals surface area (Å²) in [5.74, 6) is 0.228. The van der Waals surface area contributed by atoms with E-state index in [1.54, 1.807) is 31.2 Å². The number of alkyl halides is 3. The van der Waals surface area contributed by atoms with E-state index in [-0.39, 0.29) is 25.5 Å². The van der Waals surface area contributed by atoms with Gasteiger partial charge in [0.05, 0.1) is 17.9 Å². The number of furan rings is 1. The average Bonchev–Trinajstić information content (AvgIpc) is 3.34. The highest BCUT2D eigenvalue weighted by molar-refractivity contribution is 7.17. The molecular weight excluding hydrogens is 441 g/mol. The Kier molecular flexibility index (Phi) is 6.03. The number of benzene rings is 2. The number of halogens is 3. The number of nitrogens with zero attached hydrogens (tertiary/aromatic N) is 1. The molecule has 0 bridgehead atoms. The Labute approximate surface area is 185 Å². The standard InChI is InChI=1S/C23H19F3N2O3S/c1-13-20(21(30)27-8-9-29)32-22(28-13)17-6-3-7-19-18(17)12-16(31-19)11-14-4-2-5-15(10-14)23(24,25)26/h2-7,10,12,29H,8-9,11H2,1H3,(H,27,30). The lowest BCUT2D eigenvalue weighted by Crippen LogP contribution is -2.26. The first-order valence-corrected chi connectivity index (χ1v) is 10.6. The molecule has 2 aromatic carbocycles. The number of fused-ring (bicyclic) bond motifs is 1. The second kappa shape index (κ2) is 8.76. The van der Waals surface area contributed by atoms with Crippen LogP contribution in [0.1, 0.15) is 32.3 Å². The van der Waals surface area contributed by atoms with Gasteiger partial charge in [0.1, 0.15) is 21.2 Å². The van der Waals surface area contributed by atoms with E-state index >= 15 is 0 Å². The number of aliphatic hydroxyl groups excluding tert-OH is 1. The van der Waals surface area contributed by atoms with Crippen LogP contribution >= 0.6 is 11.3 Å². The van der Waals surface area contributed by atoms with Gasteiger partial charge in [0.15, 0.2) is 0 Å². The lowest BCUT2D eigenvalue weighted by Gasteiger charge is -2.07. The zero-order valence-electron chi connectivity index (χ0n) is 17.0. The minimum atomic E-state index is -4.40. The van der Waals surface area contributed by atoms with Crippen molar-refractivity contribution in [3.8, 4) is 10.6 Å². The maximum atomic E-state index is 13.0. The lowest BCUT2D eigenvalue weighted by molar-refractivity contribution is -0.137. The molecule has 2 heterocycles. The van der Waals surface area contributed by atoms with Crippen LogP contribution in [0.15, 0.2) is 52.9 Å². The third-order valence-electron chi connectivity index (χ3n) is 4.88. The number of amides is 1. The number of aryl methyl sites for hydroxylation is 1. The fourth-order valence-corrected chi connectivity index (χ4v) is 4.44. The van der Waals surface area contributed by atoms with Gasteiger partial charge in [0, 0.05) is 23.9 Å². The van der Waals surface area contributed by atoms with Gasteiger partial charge in [0.25, 0.3) is 5.91 Å². The Balaban J connectivity index is 1.66. The van der Waals surface area contributed by atoms with E-state index in [2.05, 4.69) is 10.3 Å². The SMILES string of the molecule is Cc1nc(-c2cccc3oc(Cc4cccc(C(F)(F)F)c4)cc23)sc1C(=O)NCCO. The minimum Gasteiger partial charge on any atom is -0.461 e. The topological polar surface area (TPSA) is 75.4 Å². The normalized spacial score (nSPS) is 11.8. The number of hydrogen-bond acceptors (Lipinski definition) is 5. The van der Waals surface area contributed by atoms with Crippen LogP contribution < -0.4 is 5.32 Å². The van der Waals surface area contributed by atoms with Crippen LogP contribution in [-0.2, 0) is 12.6 Å². The molecule has 2 N–H and O–H groups in total. The van der Waals surface area contributed by atoms with Crippen LogP contribution in [0.2, 0.25) is 0 Å². The fourth-order valence-electron chi connectivity index (χ4n) is 3.42. The van der Waals surface area contributed by atoms with E-state index in [9.17, 15) is 18.0 Å². The molecule has 1 amide bonds. The van der Waals surface area contributed by atoms with Crippen LogP contribution in [0.5, 0.6) is 0 Å². The Bertz CT molecular complexity index is 1280. The molecule has 5 nitrogen and oxygen atoms in total. The zero-order valence-corrected chi connectivity index (χ0v) is 17.8. The van der Waals surface area contributed by atoms with Crippen molar-refractivity contribution in [1.82, 2.24) is 10.3 Å². The van der Waals surface area contributed by atoms with E-state index in [1.807, 2.05) is 6.07 Å². The van der Waals surface area contributed by atoms with Crippen molar-refractivity contribution in [2.75, 3.05) is 13.2 Å². The molecule has 2 aromatic heterocycles. The van der Waals surface area contributed by atoms with Crippen LogP contribution in [0.3, 0.4) is 0 Å². The fraction of sp³-hybridized carbons (Fsp3) is 0.217. The number of nitrogens with one attached hydrogen (secondary N) is 1. The van der Waals surface area contributed by atoms with Gasteiger partial charge in [-0.05, 0) is 30.7 Å². The Hall–Kier alpha value is -3.17. The third-order valence-corrected chi connectivity index (χ3v) is 6.07. The molecule has 0 saturated carbocycles. The van der Waals surface area contributed by atoms with Gasteiger partial charge in [-0.25, -0.2) is 4.98 Å². The average molecular weight is 460 g/mol. The molecule has 0 fully saturated rings. The van der Waals surface area contributed by atoms with Gasteiger partial charge in [0.2, 0.25) is 0 Å². The third kappa shape index (κ3) is 4.53. The lowest BCUT2D eigenvalue weighted by atomic mass is 10.1. The summed E-state index contributed by atoms with van der Waals surface area (Å²) >= 11 is 1.23. The maximum absolute atomic E-state index is 13.0. The predicted molar refractivity (Wildman–Crippen MR) is 116 cm³/mol. The number of carbonyl (C=O) groups excluding carboxylic acids is 1. The van der Waals surface area contributed by atoms with Crippen LogP contribution in [0.4, 0.5) is 13.2 Å². The number of aliphatic hydroxyl groups is 1. The first-order chi connectivity index (χ1) is 15.3. The Morgan fingerprint density at radius 1 is 1.19 bits per heavy atom. The molecule has 0 aliphatic rings.